The highest BCUT2D eigenvalue weighted by Crippen LogP contribution is 2.37. The van der Waals surface area contributed by atoms with Crippen LogP contribution in [0.2, 0.25) is 0 Å². The third-order valence-electron chi connectivity index (χ3n) is 4.61. The van der Waals surface area contributed by atoms with Crippen LogP contribution in [-0.4, -0.2) is 27.8 Å². The Bertz CT molecular complexity index is 865. The highest BCUT2D eigenvalue weighted by Gasteiger charge is 2.28. The Labute approximate surface area is 148 Å². The monoisotopic (exact) mass is 331 g/mol. The Hall–Kier alpha value is -2.95. The van der Waals surface area contributed by atoms with Crippen LogP contribution in [0, 0.1) is 0 Å². The van der Waals surface area contributed by atoms with Crippen molar-refractivity contribution in [1.82, 2.24) is 15.2 Å². The second kappa shape index (κ2) is 6.51. The second-order valence-electron chi connectivity index (χ2n) is 6.25. The molecule has 2 heterocycles. The van der Waals surface area contributed by atoms with Gasteiger partial charge in [0.05, 0.1) is 6.20 Å². The summed E-state index contributed by atoms with van der Waals surface area (Å²) in [5.74, 6) is 1.47. The number of nitrogens with zero attached hydrogens (tertiary/aromatic N) is 5. The van der Waals surface area contributed by atoms with Gasteiger partial charge in [-0.25, -0.2) is 0 Å². The molecule has 0 saturated heterocycles. The van der Waals surface area contributed by atoms with Crippen molar-refractivity contribution in [3.8, 4) is 0 Å². The minimum Gasteiger partial charge on any atom is -0.322 e. The number of rotatable bonds is 4. The first-order chi connectivity index (χ1) is 12.3. The van der Waals surface area contributed by atoms with Crippen LogP contribution in [0.15, 0.2) is 60.8 Å². The number of anilines is 4. The molecular formula is C20H21N5. The van der Waals surface area contributed by atoms with Gasteiger partial charge in [0.1, 0.15) is 0 Å². The number of fused-ring (bicyclic) bond motifs is 1. The Balaban J connectivity index is 1.73. The molecule has 0 spiro atoms. The molecule has 1 aliphatic heterocycles. The molecule has 0 bridgehead atoms. The molecule has 126 valence electrons. The van der Waals surface area contributed by atoms with E-state index < -0.39 is 0 Å². The highest BCUT2D eigenvalue weighted by atomic mass is 15.4. The van der Waals surface area contributed by atoms with Gasteiger partial charge in [-0.1, -0.05) is 36.4 Å². The van der Waals surface area contributed by atoms with Crippen LogP contribution in [0.5, 0.6) is 0 Å². The first-order valence-corrected chi connectivity index (χ1v) is 8.67. The van der Waals surface area contributed by atoms with E-state index in [9.17, 15) is 0 Å². The van der Waals surface area contributed by atoms with Crippen LogP contribution in [0.4, 0.5) is 23.1 Å². The van der Waals surface area contributed by atoms with E-state index in [2.05, 4.69) is 70.2 Å². The van der Waals surface area contributed by atoms with E-state index in [0.717, 1.165) is 24.5 Å². The molecule has 2 aromatic carbocycles. The van der Waals surface area contributed by atoms with Crippen LogP contribution in [0.1, 0.15) is 19.4 Å². The van der Waals surface area contributed by atoms with E-state index in [1.165, 1.54) is 11.3 Å². The Morgan fingerprint density at radius 3 is 2.64 bits per heavy atom. The molecule has 0 aliphatic carbocycles. The predicted octanol–water partition coefficient (Wildman–Crippen LogP) is 4.11. The first-order valence-electron chi connectivity index (χ1n) is 8.67. The van der Waals surface area contributed by atoms with E-state index in [1.807, 2.05) is 18.2 Å². The average Bonchev–Trinajstić information content (AvgIpc) is 2.99. The molecule has 0 amide bonds. The molecule has 0 fully saturated rings. The van der Waals surface area contributed by atoms with Crippen molar-refractivity contribution in [2.45, 2.75) is 26.3 Å². The van der Waals surface area contributed by atoms with E-state index in [1.54, 1.807) is 6.20 Å². The fourth-order valence-corrected chi connectivity index (χ4v) is 3.48. The molecule has 5 heteroatoms. The van der Waals surface area contributed by atoms with Crippen LogP contribution in [0.25, 0.3) is 0 Å². The summed E-state index contributed by atoms with van der Waals surface area (Å²) in [5.41, 5.74) is 3.63. The molecule has 4 rings (SSSR count). The first kappa shape index (κ1) is 15.6. The zero-order valence-corrected chi connectivity index (χ0v) is 14.5. The molecule has 5 nitrogen and oxygen atoms in total. The summed E-state index contributed by atoms with van der Waals surface area (Å²) in [6.45, 7) is 5.09. The summed E-state index contributed by atoms with van der Waals surface area (Å²) in [6, 6.07) is 19.0. The van der Waals surface area contributed by atoms with Crippen molar-refractivity contribution < 1.29 is 0 Å². The molecule has 0 N–H and O–H groups in total. The largest absolute Gasteiger partial charge is 0.322 e. The van der Waals surface area contributed by atoms with Gasteiger partial charge in [0.25, 0.3) is 5.95 Å². The number of para-hydroxylation sites is 2. The third kappa shape index (κ3) is 2.82. The van der Waals surface area contributed by atoms with Crippen LogP contribution >= 0.6 is 0 Å². The molecule has 0 saturated carbocycles. The minimum atomic E-state index is 0.355. The van der Waals surface area contributed by atoms with E-state index >= 15 is 0 Å². The molecule has 1 aromatic heterocycles. The van der Waals surface area contributed by atoms with Crippen molar-refractivity contribution in [2.75, 3.05) is 16.3 Å². The number of benzene rings is 2. The van der Waals surface area contributed by atoms with Crippen molar-refractivity contribution in [1.29, 1.82) is 0 Å². The lowest BCUT2D eigenvalue weighted by Gasteiger charge is -2.25. The van der Waals surface area contributed by atoms with Crippen LogP contribution in [0.3, 0.4) is 0 Å². The van der Waals surface area contributed by atoms with Gasteiger partial charge in [-0.05, 0) is 44.0 Å². The molecule has 1 atom stereocenters. The maximum absolute atomic E-state index is 4.83. The minimum absolute atomic E-state index is 0.355. The summed E-state index contributed by atoms with van der Waals surface area (Å²) >= 11 is 0. The zero-order valence-electron chi connectivity index (χ0n) is 14.5. The van der Waals surface area contributed by atoms with E-state index in [-0.39, 0.29) is 0 Å². The smallest absolute Gasteiger partial charge is 0.251 e. The molecule has 1 unspecified atom stereocenters. The highest BCUT2D eigenvalue weighted by molar-refractivity contribution is 5.69. The summed E-state index contributed by atoms with van der Waals surface area (Å²) < 4.78 is 0. The number of aromatic nitrogens is 3. The van der Waals surface area contributed by atoms with Gasteiger partial charge < -0.3 is 9.80 Å². The lowest BCUT2D eigenvalue weighted by atomic mass is 10.1. The molecular weight excluding hydrogens is 310 g/mol. The molecule has 1 aliphatic rings. The SMILES string of the molecule is CCN(c1ccccc1)c1nncc(N2c3ccccc3CC2C)n1. The predicted molar refractivity (Wildman–Crippen MR) is 101 cm³/mol. The third-order valence-corrected chi connectivity index (χ3v) is 4.61. The van der Waals surface area contributed by atoms with Crippen molar-refractivity contribution in [2.24, 2.45) is 0 Å². The zero-order chi connectivity index (χ0) is 17.2. The normalized spacial score (nSPS) is 15.9. The lowest BCUT2D eigenvalue weighted by molar-refractivity contribution is 0.741. The summed E-state index contributed by atoms with van der Waals surface area (Å²) in [5, 5.41) is 8.51. The molecule has 3 aromatic rings. The summed E-state index contributed by atoms with van der Waals surface area (Å²) in [6.07, 6.45) is 2.77. The standard InChI is InChI=1S/C20H21N5/c1-3-24(17-10-5-4-6-11-17)20-22-19(14-21-23-20)25-15(2)13-16-9-7-8-12-18(16)25/h4-12,14-15H,3,13H2,1-2H3. The van der Waals surface area contributed by atoms with Gasteiger partial charge in [0, 0.05) is 24.0 Å². The Morgan fingerprint density at radius 1 is 1.08 bits per heavy atom. The quantitative estimate of drug-likeness (QED) is 0.720. The van der Waals surface area contributed by atoms with Gasteiger partial charge in [-0.2, -0.15) is 10.1 Å². The maximum atomic E-state index is 4.83. The second-order valence-corrected chi connectivity index (χ2v) is 6.25. The average molecular weight is 331 g/mol. The van der Waals surface area contributed by atoms with Gasteiger partial charge in [-0.15, -0.1) is 5.10 Å². The van der Waals surface area contributed by atoms with Gasteiger partial charge in [0.2, 0.25) is 0 Å². The van der Waals surface area contributed by atoms with Crippen LogP contribution < -0.4 is 9.80 Å². The summed E-state index contributed by atoms with van der Waals surface area (Å²) in [7, 11) is 0. The van der Waals surface area contributed by atoms with Gasteiger partial charge >= 0.3 is 0 Å². The Morgan fingerprint density at radius 2 is 1.84 bits per heavy atom. The molecule has 0 radical (unpaired) electrons. The van der Waals surface area contributed by atoms with E-state index in [0.29, 0.717) is 12.0 Å². The fraction of sp³-hybridized carbons (Fsp3) is 0.250. The number of hydrogen-bond donors (Lipinski definition) is 0. The Kier molecular flexibility index (Phi) is 4.06. The van der Waals surface area contributed by atoms with Gasteiger partial charge in [-0.3, -0.25) is 0 Å². The van der Waals surface area contributed by atoms with Gasteiger partial charge in [0.15, 0.2) is 5.82 Å². The topological polar surface area (TPSA) is 45.2 Å². The van der Waals surface area contributed by atoms with Crippen molar-refractivity contribution >= 4 is 23.1 Å². The number of hydrogen-bond acceptors (Lipinski definition) is 5. The van der Waals surface area contributed by atoms with E-state index in [4.69, 9.17) is 4.98 Å². The maximum Gasteiger partial charge on any atom is 0.251 e. The fourth-order valence-electron chi connectivity index (χ4n) is 3.48. The molecule has 25 heavy (non-hydrogen) atoms. The van der Waals surface area contributed by atoms with Crippen LogP contribution in [-0.2, 0) is 6.42 Å². The van der Waals surface area contributed by atoms with Crippen molar-refractivity contribution in [3.05, 3.63) is 66.4 Å². The lowest BCUT2D eigenvalue weighted by Crippen LogP contribution is -2.26. The summed E-state index contributed by atoms with van der Waals surface area (Å²) in [4.78, 5) is 9.16. The van der Waals surface area contributed by atoms with Crippen molar-refractivity contribution in [3.63, 3.8) is 0 Å².